The number of pyridine rings is 1. The molecule has 8 nitrogen and oxygen atoms in total. The minimum Gasteiger partial charge on any atom is -0.496 e. The molecule has 4 aromatic rings. The molecule has 0 saturated heterocycles. The third kappa shape index (κ3) is 3.82. The van der Waals surface area contributed by atoms with Gasteiger partial charge in [-0.25, -0.2) is 17.8 Å². The minimum atomic E-state index is -5.53. The molecule has 0 saturated carbocycles. The Labute approximate surface area is 185 Å². The van der Waals surface area contributed by atoms with Crippen LogP contribution in [0, 0.1) is 0 Å². The van der Waals surface area contributed by atoms with Crippen LogP contribution in [0.2, 0.25) is 0 Å². The molecular formula is C21H16F3N3O5S. The average Bonchev–Trinajstić information content (AvgIpc) is 3.05. The summed E-state index contributed by atoms with van der Waals surface area (Å²) in [6, 6.07) is 10.5. The van der Waals surface area contributed by atoms with E-state index in [-0.39, 0.29) is 12.2 Å². The van der Waals surface area contributed by atoms with Gasteiger partial charge >= 0.3 is 11.2 Å². The summed E-state index contributed by atoms with van der Waals surface area (Å²) in [4.78, 5) is 16.3. The minimum absolute atomic E-state index is 0.00505. The molecule has 1 N–H and O–H groups in total. The first kappa shape index (κ1) is 22.4. The van der Waals surface area contributed by atoms with E-state index in [1.165, 1.54) is 17.9 Å². The first-order valence-electron chi connectivity index (χ1n) is 9.38. The van der Waals surface area contributed by atoms with E-state index in [1.54, 1.807) is 30.5 Å². The third-order valence-electron chi connectivity index (χ3n) is 5.02. The van der Waals surface area contributed by atoms with Crippen LogP contribution in [0.4, 0.5) is 13.2 Å². The Bertz CT molecular complexity index is 1500. The summed E-state index contributed by atoms with van der Waals surface area (Å²) in [5.74, 6) is 0.0746. The van der Waals surface area contributed by atoms with E-state index in [2.05, 4.69) is 4.98 Å². The predicted octanol–water partition coefficient (Wildman–Crippen LogP) is 3.24. The number of hydrogen-bond acceptors (Lipinski definition) is 6. The molecule has 0 spiro atoms. The molecule has 0 aliphatic carbocycles. The van der Waals surface area contributed by atoms with Gasteiger partial charge in [-0.05, 0) is 48.0 Å². The van der Waals surface area contributed by atoms with Crippen molar-refractivity contribution in [2.24, 2.45) is 0 Å². The molecule has 33 heavy (non-hydrogen) atoms. The molecule has 0 aliphatic rings. The number of halogens is 3. The SMILES string of the molecule is COc1cccc2nccc(Cn3cc(O)n(-c4ccc(S(=O)(=O)C(F)(F)F)cc4)c3=O)c12. The lowest BCUT2D eigenvalue weighted by Gasteiger charge is -2.10. The third-order valence-corrected chi connectivity index (χ3v) is 6.52. The number of alkyl halides is 3. The van der Waals surface area contributed by atoms with E-state index in [9.17, 15) is 31.5 Å². The van der Waals surface area contributed by atoms with Crippen LogP contribution in [0.5, 0.6) is 11.6 Å². The number of nitrogens with zero attached hydrogens (tertiary/aromatic N) is 3. The van der Waals surface area contributed by atoms with Gasteiger partial charge in [0.2, 0.25) is 5.88 Å². The van der Waals surface area contributed by atoms with E-state index in [4.69, 9.17) is 4.74 Å². The summed E-state index contributed by atoms with van der Waals surface area (Å²) in [6.07, 6.45) is 2.74. The summed E-state index contributed by atoms with van der Waals surface area (Å²) < 4.78 is 68.8. The van der Waals surface area contributed by atoms with Crippen LogP contribution >= 0.6 is 0 Å². The molecule has 0 amide bonds. The number of sulfone groups is 1. The van der Waals surface area contributed by atoms with Gasteiger partial charge in [0.15, 0.2) is 0 Å². The van der Waals surface area contributed by atoms with Crippen molar-refractivity contribution < 1.29 is 31.4 Å². The molecular weight excluding hydrogens is 463 g/mol. The smallest absolute Gasteiger partial charge is 0.496 e. The van der Waals surface area contributed by atoms with Crippen LogP contribution < -0.4 is 10.4 Å². The Kier molecular flexibility index (Phi) is 5.40. The van der Waals surface area contributed by atoms with Gasteiger partial charge in [-0.3, -0.25) is 9.55 Å². The normalized spacial score (nSPS) is 12.2. The molecule has 0 unspecified atom stereocenters. The van der Waals surface area contributed by atoms with Crippen molar-refractivity contribution in [3.05, 3.63) is 77.0 Å². The summed E-state index contributed by atoms with van der Waals surface area (Å²) in [6.45, 7) is 0.0410. The number of methoxy groups -OCH3 is 1. The van der Waals surface area contributed by atoms with Crippen LogP contribution in [0.15, 0.2) is 70.6 Å². The molecule has 2 heterocycles. The number of imidazole rings is 1. The van der Waals surface area contributed by atoms with Crippen molar-refractivity contribution in [1.29, 1.82) is 0 Å². The number of fused-ring (bicyclic) bond motifs is 1. The van der Waals surface area contributed by atoms with Gasteiger partial charge in [-0.2, -0.15) is 13.2 Å². The number of aromatic nitrogens is 3. The van der Waals surface area contributed by atoms with Crippen LogP contribution in [-0.4, -0.2) is 40.3 Å². The van der Waals surface area contributed by atoms with Gasteiger partial charge in [0.25, 0.3) is 9.84 Å². The molecule has 2 aromatic heterocycles. The van der Waals surface area contributed by atoms with Gasteiger partial charge in [-0.1, -0.05) is 6.07 Å². The fourth-order valence-electron chi connectivity index (χ4n) is 3.47. The summed E-state index contributed by atoms with van der Waals surface area (Å²) >= 11 is 0. The summed E-state index contributed by atoms with van der Waals surface area (Å²) in [5, 5.41) is 11.0. The van der Waals surface area contributed by atoms with Gasteiger partial charge in [0.1, 0.15) is 5.75 Å². The highest BCUT2D eigenvalue weighted by molar-refractivity contribution is 7.92. The second kappa shape index (κ2) is 7.96. The van der Waals surface area contributed by atoms with Gasteiger partial charge in [-0.15, -0.1) is 0 Å². The van der Waals surface area contributed by atoms with E-state index >= 15 is 0 Å². The Balaban J connectivity index is 1.74. The summed E-state index contributed by atoms with van der Waals surface area (Å²) in [7, 11) is -4.03. The van der Waals surface area contributed by atoms with E-state index < -0.39 is 31.8 Å². The maximum Gasteiger partial charge on any atom is 0.501 e. The molecule has 0 aliphatic heterocycles. The molecule has 0 radical (unpaired) electrons. The van der Waals surface area contributed by atoms with Crippen molar-refractivity contribution in [2.45, 2.75) is 16.9 Å². The lowest BCUT2D eigenvalue weighted by atomic mass is 10.1. The fourth-order valence-corrected chi connectivity index (χ4v) is 4.23. The second-order valence-electron chi connectivity index (χ2n) is 7.00. The molecule has 0 fully saturated rings. The first-order chi connectivity index (χ1) is 15.5. The highest BCUT2D eigenvalue weighted by atomic mass is 32.2. The van der Waals surface area contributed by atoms with Crippen molar-refractivity contribution in [3.8, 4) is 17.3 Å². The van der Waals surface area contributed by atoms with Crippen molar-refractivity contribution in [1.82, 2.24) is 14.1 Å². The highest BCUT2D eigenvalue weighted by Crippen LogP contribution is 2.31. The van der Waals surface area contributed by atoms with Crippen molar-refractivity contribution >= 4 is 20.7 Å². The number of hydrogen-bond donors (Lipinski definition) is 1. The molecule has 2 aromatic carbocycles. The van der Waals surface area contributed by atoms with E-state index in [0.717, 1.165) is 28.8 Å². The van der Waals surface area contributed by atoms with Crippen LogP contribution in [0.25, 0.3) is 16.6 Å². The Morgan fingerprint density at radius 2 is 1.79 bits per heavy atom. The number of ether oxygens (including phenoxy) is 1. The maximum absolute atomic E-state index is 12.9. The fraction of sp³-hybridized carbons (Fsp3) is 0.143. The Hall–Kier alpha value is -3.80. The number of rotatable bonds is 5. The zero-order valence-corrected chi connectivity index (χ0v) is 17.8. The van der Waals surface area contributed by atoms with Gasteiger partial charge in [0.05, 0.1) is 36.0 Å². The number of aromatic hydroxyl groups is 1. The molecule has 0 atom stereocenters. The van der Waals surface area contributed by atoms with Crippen LogP contribution in [-0.2, 0) is 16.4 Å². The first-order valence-corrected chi connectivity index (χ1v) is 10.9. The standard InChI is InChI=1S/C21H16F3N3O5S/c1-32-17-4-2-3-16-19(17)13(9-10-25-16)11-26-12-18(28)27(20(26)29)14-5-7-15(8-6-14)33(30,31)21(22,23)24/h2-10,12,28H,11H2,1H3. The van der Waals surface area contributed by atoms with Gasteiger partial charge in [0, 0.05) is 11.6 Å². The second-order valence-corrected chi connectivity index (χ2v) is 8.94. The average molecular weight is 479 g/mol. The maximum atomic E-state index is 12.9. The molecule has 172 valence electrons. The lowest BCUT2D eigenvalue weighted by Crippen LogP contribution is -2.24. The Morgan fingerprint density at radius 1 is 1.09 bits per heavy atom. The van der Waals surface area contributed by atoms with E-state index in [1.807, 2.05) is 0 Å². The molecule has 4 rings (SSSR count). The predicted molar refractivity (Wildman–Crippen MR) is 112 cm³/mol. The van der Waals surface area contributed by atoms with Gasteiger partial charge < -0.3 is 9.84 Å². The quantitative estimate of drug-likeness (QED) is 0.472. The lowest BCUT2D eigenvalue weighted by molar-refractivity contribution is -0.0436. The molecule has 0 bridgehead atoms. The summed E-state index contributed by atoms with van der Waals surface area (Å²) in [5.41, 5.74) is -4.81. The monoisotopic (exact) mass is 479 g/mol. The molecule has 12 heteroatoms. The van der Waals surface area contributed by atoms with E-state index in [0.29, 0.717) is 22.2 Å². The Morgan fingerprint density at radius 3 is 2.42 bits per heavy atom. The van der Waals surface area contributed by atoms with Crippen molar-refractivity contribution in [3.63, 3.8) is 0 Å². The number of benzene rings is 2. The zero-order chi connectivity index (χ0) is 24.0. The topological polar surface area (TPSA) is 103 Å². The van der Waals surface area contributed by atoms with Crippen LogP contribution in [0.1, 0.15) is 5.56 Å². The highest BCUT2D eigenvalue weighted by Gasteiger charge is 2.46. The largest absolute Gasteiger partial charge is 0.501 e. The van der Waals surface area contributed by atoms with Crippen LogP contribution in [0.3, 0.4) is 0 Å². The van der Waals surface area contributed by atoms with Crippen molar-refractivity contribution in [2.75, 3.05) is 7.11 Å². The zero-order valence-electron chi connectivity index (χ0n) is 16.9.